The van der Waals surface area contributed by atoms with Crippen molar-refractivity contribution in [1.29, 1.82) is 0 Å². The maximum absolute atomic E-state index is 14.4. The minimum Gasteiger partial charge on any atom is -0.483 e. The summed E-state index contributed by atoms with van der Waals surface area (Å²) < 4.78 is 36.9. The predicted octanol–water partition coefficient (Wildman–Crippen LogP) is 6.36. The number of hydrogen-bond acceptors (Lipinski definition) is 4. The van der Waals surface area contributed by atoms with Gasteiger partial charge < -0.3 is 10.1 Å². The van der Waals surface area contributed by atoms with Crippen LogP contribution in [0.5, 0.6) is 5.75 Å². The number of aryl methyl sites for hydroxylation is 1. The largest absolute Gasteiger partial charge is 0.483 e. The zero-order valence-corrected chi connectivity index (χ0v) is 22.0. The molecule has 37 heavy (non-hydrogen) atoms. The molecule has 0 aliphatic carbocycles. The Morgan fingerprint density at radius 1 is 0.838 bits per heavy atom. The van der Waals surface area contributed by atoms with Gasteiger partial charge in [-0.1, -0.05) is 91.0 Å². The number of ether oxygens (including phenoxy) is 1. The van der Waals surface area contributed by atoms with Crippen molar-refractivity contribution in [2.45, 2.75) is 43.9 Å². The van der Waals surface area contributed by atoms with E-state index in [2.05, 4.69) is 17.4 Å². The van der Waals surface area contributed by atoms with E-state index < -0.39 is 22.2 Å². The summed E-state index contributed by atoms with van der Waals surface area (Å²) in [4.78, 5) is 0.196. The summed E-state index contributed by atoms with van der Waals surface area (Å²) in [6, 6.07) is 32.9. The number of anilines is 1. The van der Waals surface area contributed by atoms with Crippen molar-refractivity contribution in [2.24, 2.45) is 0 Å². The zero-order valence-electron chi connectivity index (χ0n) is 21.2. The third-order valence-electron chi connectivity index (χ3n) is 6.98. The highest BCUT2D eigenvalue weighted by Gasteiger charge is 2.42. The van der Waals surface area contributed by atoms with Crippen molar-refractivity contribution < 1.29 is 13.2 Å². The summed E-state index contributed by atoms with van der Waals surface area (Å²) in [6.07, 6.45) is 0.322. The first-order chi connectivity index (χ1) is 17.9. The van der Waals surface area contributed by atoms with E-state index in [1.165, 1.54) is 5.56 Å². The van der Waals surface area contributed by atoms with Gasteiger partial charge in [-0.3, -0.25) is 0 Å². The Kier molecular flexibility index (Phi) is 7.31. The average Bonchev–Trinajstić information content (AvgIpc) is 2.99. The molecule has 0 fully saturated rings. The van der Waals surface area contributed by atoms with Crippen molar-refractivity contribution in [3.8, 4) is 5.75 Å². The van der Waals surface area contributed by atoms with Crippen LogP contribution in [0.3, 0.4) is 0 Å². The number of fused-ring (bicyclic) bond motifs is 1. The molecule has 0 saturated heterocycles. The summed E-state index contributed by atoms with van der Waals surface area (Å²) in [5.41, 5.74) is 4.72. The molecular formula is C31H32N2O3S. The summed E-state index contributed by atoms with van der Waals surface area (Å²) in [6.45, 7) is 4.81. The minimum atomic E-state index is -3.90. The Morgan fingerprint density at radius 2 is 1.51 bits per heavy atom. The second-order valence-electron chi connectivity index (χ2n) is 9.46. The molecule has 5 nitrogen and oxygen atoms in total. The third kappa shape index (κ3) is 5.26. The molecule has 0 bridgehead atoms. The normalized spacial score (nSPS) is 18.9. The van der Waals surface area contributed by atoms with Crippen molar-refractivity contribution >= 4 is 15.7 Å². The lowest BCUT2D eigenvalue weighted by Gasteiger charge is -2.31. The van der Waals surface area contributed by atoms with E-state index in [0.717, 1.165) is 23.1 Å². The molecule has 0 aromatic heterocycles. The van der Waals surface area contributed by atoms with E-state index in [9.17, 15) is 8.42 Å². The van der Waals surface area contributed by atoms with Crippen molar-refractivity contribution in [1.82, 2.24) is 4.31 Å². The first-order valence-corrected chi connectivity index (χ1v) is 14.1. The molecule has 2 atom stereocenters. The second-order valence-corrected chi connectivity index (χ2v) is 11.3. The van der Waals surface area contributed by atoms with Crippen LogP contribution in [0.1, 0.15) is 35.3 Å². The monoisotopic (exact) mass is 512 g/mol. The Hall–Kier alpha value is -3.61. The summed E-state index contributed by atoms with van der Waals surface area (Å²) in [5.74, 6) is 0.373. The number of benzene rings is 4. The summed E-state index contributed by atoms with van der Waals surface area (Å²) in [5, 5.41) is 3.38. The van der Waals surface area contributed by atoms with Crippen LogP contribution in [0.4, 0.5) is 5.69 Å². The smallest absolute Gasteiger partial charge is 0.249 e. The summed E-state index contributed by atoms with van der Waals surface area (Å²) in [7, 11) is -3.90. The Labute approximate surface area is 219 Å². The Bertz CT molecular complexity index is 1460. The standard InChI is InChI=1S/C31H32N2O3S/c1-23-12-9-10-17-27(23)22-33-24(2)30(26-15-7-4-8-16-26)36-29-19-11-18-28(31(29)37(33,34)35)32-21-20-25-13-5-3-6-14-25/h3-19,24,30,32H,20-22H2,1-2H3/t24-,30+/m0/s1. The molecule has 0 amide bonds. The number of hydrogen-bond donors (Lipinski definition) is 1. The predicted molar refractivity (Wildman–Crippen MR) is 148 cm³/mol. The Balaban J connectivity index is 1.56. The van der Waals surface area contributed by atoms with Crippen molar-refractivity contribution in [3.63, 3.8) is 0 Å². The minimum absolute atomic E-state index is 0.196. The molecular weight excluding hydrogens is 480 g/mol. The van der Waals surface area contributed by atoms with Gasteiger partial charge in [-0.2, -0.15) is 4.31 Å². The molecule has 0 saturated carbocycles. The first kappa shape index (κ1) is 25.1. The van der Waals surface area contributed by atoms with Gasteiger partial charge in [0.25, 0.3) is 0 Å². The Morgan fingerprint density at radius 3 is 2.24 bits per heavy atom. The highest BCUT2D eigenvalue weighted by Crippen LogP contribution is 2.43. The first-order valence-electron chi connectivity index (χ1n) is 12.6. The van der Waals surface area contributed by atoms with Gasteiger partial charge in [0.15, 0.2) is 0 Å². The molecule has 5 rings (SSSR count). The molecule has 4 aromatic carbocycles. The lowest BCUT2D eigenvalue weighted by Crippen LogP contribution is -2.41. The molecule has 6 heteroatoms. The van der Waals surface area contributed by atoms with Gasteiger partial charge in [0.1, 0.15) is 16.7 Å². The van der Waals surface area contributed by atoms with Gasteiger partial charge >= 0.3 is 0 Å². The SMILES string of the molecule is Cc1ccccc1CN1[C@@H](C)[C@H](c2ccccc2)Oc2cccc(NCCc3ccccc3)c2S1(=O)=O. The van der Waals surface area contributed by atoms with Crippen LogP contribution in [0.2, 0.25) is 0 Å². The molecule has 1 heterocycles. The fourth-order valence-electron chi connectivity index (χ4n) is 4.90. The molecule has 1 aliphatic rings. The van der Waals surface area contributed by atoms with Gasteiger partial charge in [-0.25, -0.2) is 8.42 Å². The van der Waals surface area contributed by atoms with Crippen LogP contribution in [0.25, 0.3) is 0 Å². The van der Waals surface area contributed by atoms with Crippen LogP contribution in [0, 0.1) is 6.92 Å². The van der Waals surface area contributed by atoms with Gasteiger partial charge in [-0.05, 0) is 54.7 Å². The van der Waals surface area contributed by atoms with E-state index >= 15 is 0 Å². The zero-order chi connectivity index (χ0) is 25.8. The van der Waals surface area contributed by atoms with Crippen LogP contribution in [-0.4, -0.2) is 25.3 Å². The molecule has 190 valence electrons. The van der Waals surface area contributed by atoms with Crippen molar-refractivity contribution in [2.75, 3.05) is 11.9 Å². The number of nitrogens with one attached hydrogen (secondary N) is 1. The van der Waals surface area contributed by atoms with E-state index in [0.29, 0.717) is 18.0 Å². The molecule has 1 N–H and O–H groups in total. The van der Waals surface area contributed by atoms with Gasteiger partial charge in [0, 0.05) is 13.1 Å². The van der Waals surface area contributed by atoms with Crippen LogP contribution >= 0.6 is 0 Å². The van der Waals surface area contributed by atoms with E-state index in [1.54, 1.807) is 10.4 Å². The lowest BCUT2D eigenvalue weighted by molar-refractivity contribution is 0.124. The molecule has 1 aliphatic heterocycles. The maximum atomic E-state index is 14.4. The van der Waals surface area contributed by atoms with E-state index in [1.807, 2.05) is 98.8 Å². The topological polar surface area (TPSA) is 58.6 Å². The quantitative estimate of drug-likeness (QED) is 0.313. The highest BCUT2D eigenvalue weighted by atomic mass is 32.2. The molecule has 0 spiro atoms. The van der Waals surface area contributed by atoms with E-state index in [-0.39, 0.29) is 11.4 Å². The molecule has 0 radical (unpaired) electrons. The van der Waals surface area contributed by atoms with Crippen LogP contribution in [0.15, 0.2) is 108 Å². The maximum Gasteiger partial charge on any atom is 0.249 e. The molecule has 4 aromatic rings. The molecule has 0 unspecified atom stereocenters. The van der Waals surface area contributed by atoms with Crippen LogP contribution in [-0.2, 0) is 23.0 Å². The fraction of sp³-hybridized carbons (Fsp3) is 0.226. The van der Waals surface area contributed by atoms with Gasteiger partial charge in [0.05, 0.1) is 11.7 Å². The lowest BCUT2D eigenvalue weighted by atomic mass is 10.0. The summed E-state index contributed by atoms with van der Waals surface area (Å²) >= 11 is 0. The van der Waals surface area contributed by atoms with Gasteiger partial charge in [-0.15, -0.1) is 0 Å². The van der Waals surface area contributed by atoms with Gasteiger partial charge in [0.2, 0.25) is 10.0 Å². The number of rotatable bonds is 7. The highest BCUT2D eigenvalue weighted by molar-refractivity contribution is 7.89. The third-order valence-corrected chi connectivity index (χ3v) is 9.00. The number of nitrogens with zero attached hydrogens (tertiary/aromatic N) is 1. The second kappa shape index (κ2) is 10.8. The average molecular weight is 513 g/mol. The van der Waals surface area contributed by atoms with Crippen molar-refractivity contribution in [3.05, 3.63) is 125 Å². The fourth-order valence-corrected chi connectivity index (χ4v) is 6.78. The van der Waals surface area contributed by atoms with Crippen LogP contribution < -0.4 is 10.1 Å². The van der Waals surface area contributed by atoms with E-state index in [4.69, 9.17) is 4.74 Å². The number of sulfonamides is 1.